The second-order valence-corrected chi connectivity index (χ2v) is 4.02. The molecule has 0 heterocycles. The number of benzene rings is 1. The predicted molar refractivity (Wildman–Crippen MR) is 71.8 cm³/mol. The van der Waals surface area contributed by atoms with Crippen LogP contribution in [-0.2, 0) is 4.79 Å². The highest BCUT2D eigenvalue weighted by Crippen LogP contribution is 2.29. The third-order valence-corrected chi connectivity index (χ3v) is 2.57. The van der Waals surface area contributed by atoms with E-state index in [-0.39, 0.29) is 11.6 Å². The number of carboxylic acid groups (broad SMARTS) is 1. The van der Waals surface area contributed by atoms with Crippen molar-refractivity contribution in [1.29, 1.82) is 0 Å². The third kappa shape index (κ3) is 3.44. The molecule has 0 aromatic heterocycles. The number of carbonyl (C=O) groups excluding carboxylic acids is 1. The van der Waals surface area contributed by atoms with E-state index in [2.05, 4.69) is 10.6 Å². The summed E-state index contributed by atoms with van der Waals surface area (Å²) in [5.74, 6) is -1.73. The standard InChI is InChI=1S/C12H15N3O5/c1-3-13-11(16)7(2)14-9-6-4-5-8(12(17)18)10(9)15(19)20/h4-7,14H,3H2,1-2H3,(H,13,16)(H,17,18). The number of carboxylic acids is 1. The van der Waals surface area contributed by atoms with Gasteiger partial charge in [0.05, 0.1) is 4.92 Å². The summed E-state index contributed by atoms with van der Waals surface area (Å²) in [4.78, 5) is 32.8. The SMILES string of the molecule is CCNC(=O)C(C)Nc1cccc(C(=O)O)c1[N+](=O)[O-]. The summed E-state index contributed by atoms with van der Waals surface area (Å²) in [5, 5.41) is 25.2. The minimum absolute atomic E-state index is 0.00588. The maximum atomic E-state index is 11.6. The van der Waals surface area contributed by atoms with Crippen LogP contribution in [0, 0.1) is 10.1 Å². The van der Waals surface area contributed by atoms with Crippen LogP contribution in [0.1, 0.15) is 24.2 Å². The molecule has 108 valence electrons. The fourth-order valence-electron chi connectivity index (χ4n) is 1.66. The monoisotopic (exact) mass is 281 g/mol. The van der Waals surface area contributed by atoms with E-state index in [1.165, 1.54) is 19.1 Å². The summed E-state index contributed by atoms with van der Waals surface area (Å²) in [6.07, 6.45) is 0. The smallest absolute Gasteiger partial charge is 0.342 e. The van der Waals surface area contributed by atoms with Crippen LogP contribution < -0.4 is 10.6 Å². The number of hydrogen-bond donors (Lipinski definition) is 3. The lowest BCUT2D eigenvalue weighted by atomic mass is 10.1. The van der Waals surface area contributed by atoms with Gasteiger partial charge in [-0.15, -0.1) is 0 Å². The molecule has 0 radical (unpaired) electrons. The van der Waals surface area contributed by atoms with Gasteiger partial charge < -0.3 is 15.7 Å². The molecule has 0 saturated carbocycles. The van der Waals surface area contributed by atoms with E-state index in [0.717, 1.165) is 6.07 Å². The Morgan fingerprint density at radius 2 is 2.10 bits per heavy atom. The fraction of sp³-hybridized carbons (Fsp3) is 0.333. The number of nitro benzene ring substituents is 1. The normalized spacial score (nSPS) is 11.5. The minimum Gasteiger partial charge on any atom is -0.477 e. The molecule has 0 saturated heterocycles. The number of anilines is 1. The van der Waals surface area contributed by atoms with Crippen molar-refractivity contribution < 1.29 is 19.6 Å². The molecule has 8 heteroatoms. The van der Waals surface area contributed by atoms with Crippen molar-refractivity contribution in [2.45, 2.75) is 19.9 Å². The molecule has 1 unspecified atom stereocenters. The molecule has 8 nitrogen and oxygen atoms in total. The Kier molecular flexibility index (Phi) is 5.01. The quantitative estimate of drug-likeness (QED) is 0.532. The molecule has 1 aromatic carbocycles. The number of nitro groups is 1. The Balaban J connectivity index is 3.12. The number of nitrogens with one attached hydrogen (secondary N) is 2. The van der Waals surface area contributed by atoms with Gasteiger partial charge in [0.15, 0.2) is 0 Å². The number of likely N-dealkylation sites (N-methyl/N-ethyl adjacent to an activating group) is 1. The highest BCUT2D eigenvalue weighted by molar-refractivity contribution is 5.96. The average Bonchev–Trinajstić information content (AvgIpc) is 2.38. The summed E-state index contributed by atoms with van der Waals surface area (Å²) < 4.78 is 0. The van der Waals surface area contributed by atoms with Crippen molar-refractivity contribution in [3.05, 3.63) is 33.9 Å². The summed E-state index contributed by atoms with van der Waals surface area (Å²) in [6.45, 7) is 3.71. The molecular weight excluding hydrogens is 266 g/mol. The van der Waals surface area contributed by atoms with Crippen molar-refractivity contribution in [2.24, 2.45) is 0 Å². The highest BCUT2D eigenvalue weighted by atomic mass is 16.6. The van der Waals surface area contributed by atoms with Crippen LogP contribution in [0.4, 0.5) is 11.4 Å². The van der Waals surface area contributed by atoms with Crippen molar-refractivity contribution in [1.82, 2.24) is 5.32 Å². The zero-order valence-corrected chi connectivity index (χ0v) is 11.0. The van der Waals surface area contributed by atoms with Crippen LogP contribution >= 0.6 is 0 Å². The van der Waals surface area contributed by atoms with Gasteiger partial charge in [-0.1, -0.05) is 6.07 Å². The molecule has 0 bridgehead atoms. The van der Waals surface area contributed by atoms with Gasteiger partial charge in [0, 0.05) is 6.54 Å². The molecular formula is C12H15N3O5. The maximum absolute atomic E-state index is 11.6. The van der Waals surface area contributed by atoms with Gasteiger partial charge in [-0.05, 0) is 26.0 Å². The molecule has 20 heavy (non-hydrogen) atoms. The number of para-hydroxylation sites is 1. The van der Waals surface area contributed by atoms with Gasteiger partial charge in [-0.2, -0.15) is 0 Å². The predicted octanol–water partition coefficient (Wildman–Crippen LogP) is 1.23. The molecule has 0 fully saturated rings. The summed E-state index contributed by atoms with van der Waals surface area (Å²) in [5.41, 5.74) is -0.993. The highest BCUT2D eigenvalue weighted by Gasteiger charge is 2.25. The summed E-state index contributed by atoms with van der Waals surface area (Å²) in [6, 6.07) is 3.16. The van der Waals surface area contributed by atoms with E-state index >= 15 is 0 Å². The molecule has 3 N–H and O–H groups in total. The van der Waals surface area contributed by atoms with Crippen LogP contribution in [-0.4, -0.2) is 34.5 Å². The first kappa shape index (κ1) is 15.4. The minimum atomic E-state index is -1.40. The average molecular weight is 281 g/mol. The number of amides is 1. The van der Waals surface area contributed by atoms with Gasteiger partial charge in [-0.3, -0.25) is 14.9 Å². The zero-order valence-electron chi connectivity index (χ0n) is 11.0. The second-order valence-electron chi connectivity index (χ2n) is 4.02. The third-order valence-electron chi connectivity index (χ3n) is 2.57. The van der Waals surface area contributed by atoms with Crippen molar-refractivity contribution >= 4 is 23.3 Å². The first-order valence-electron chi connectivity index (χ1n) is 5.93. The van der Waals surface area contributed by atoms with E-state index in [9.17, 15) is 19.7 Å². The zero-order chi connectivity index (χ0) is 15.3. The van der Waals surface area contributed by atoms with Gasteiger partial charge >= 0.3 is 11.7 Å². The van der Waals surface area contributed by atoms with Gasteiger partial charge in [0.1, 0.15) is 17.3 Å². The first-order valence-corrected chi connectivity index (χ1v) is 5.93. The van der Waals surface area contributed by atoms with Crippen LogP contribution in [0.2, 0.25) is 0 Å². The van der Waals surface area contributed by atoms with E-state index in [0.29, 0.717) is 6.54 Å². The molecule has 1 atom stereocenters. The molecule has 1 aromatic rings. The molecule has 0 aliphatic carbocycles. The molecule has 0 aliphatic rings. The van der Waals surface area contributed by atoms with Crippen LogP contribution in [0.25, 0.3) is 0 Å². The van der Waals surface area contributed by atoms with Crippen LogP contribution in [0.5, 0.6) is 0 Å². The van der Waals surface area contributed by atoms with Gasteiger partial charge in [0.25, 0.3) is 0 Å². The number of nitrogens with zero attached hydrogens (tertiary/aromatic N) is 1. The number of rotatable bonds is 6. The Morgan fingerprint density at radius 3 is 2.60 bits per heavy atom. The topological polar surface area (TPSA) is 122 Å². The number of aromatic carboxylic acids is 1. The molecule has 1 rings (SSSR count). The number of hydrogen-bond acceptors (Lipinski definition) is 5. The van der Waals surface area contributed by atoms with E-state index in [4.69, 9.17) is 5.11 Å². The van der Waals surface area contributed by atoms with Crippen molar-refractivity contribution in [3.8, 4) is 0 Å². The molecule has 0 aliphatic heterocycles. The van der Waals surface area contributed by atoms with Gasteiger partial charge in [0.2, 0.25) is 5.91 Å². The van der Waals surface area contributed by atoms with Crippen LogP contribution in [0.3, 0.4) is 0 Å². The lowest BCUT2D eigenvalue weighted by Gasteiger charge is -2.15. The second kappa shape index (κ2) is 6.50. The Morgan fingerprint density at radius 1 is 1.45 bits per heavy atom. The molecule has 1 amide bonds. The molecule has 0 spiro atoms. The lowest BCUT2D eigenvalue weighted by molar-refractivity contribution is -0.384. The number of carbonyl (C=O) groups is 2. The summed E-state index contributed by atoms with van der Waals surface area (Å²) in [7, 11) is 0. The van der Waals surface area contributed by atoms with Gasteiger partial charge in [-0.25, -0.2) is 4.79 Å². The van der Waals surface area contributed by atoms with E-state index in [1.54, 1.807) is 6.92 Å². The first-order chi connectivity index (χ1) is 9.38. The van der Waals surface area contributed by atoms with Crippen molar-refractivity contribution in [3.63, 3.8) is 0 Å². The summed E-state index contributed by atoms with van der Waals surface area (Å²) >= 11 is 0. The Labute approximate surface area is 114 Å². The van der Waals surface area contributed by atoms with Crippen LogP contribution in [0.15, 0.2) is 18.2 Å². The lowest BCUT2D eigenvalue weighted by Crippen LogP contribution is -2.37. The van der Waals surface area contributed by atoms with Crippen molar-refractivity contribution in [2.75, 3.05) is 11.9 Å². The Bertz CT molecular complexity index is 544. The van der Waals surface area contributed by atoms with E-state index in [1.807, 2.05) is 0 Å². The Hall–Kier alpha value is -2.64. The fourth-order valence-corrected chi connectivity index (χ4v) is 1.66. The maximum Gasteiger partial charge on any atom is 0.342 e. The van der Waals surface area contributed by atoms with E-state index < -0.39 is 28.2 Å². The largest absolute Gasteiger partial charge is 0.477 e.